The van der Waals surface area contributed by atoms with E-state index >= 15 is 0 Å². The van der Waals surface area contributed by atoms with Crippen LogP contribution >= 0.6 is 0 Å². The van der Waals surface area contributed by atoms with E-state index < -0.39 is 17.1 Å². The molecule has 0 saturated heterocycles. The molecular weight excluding hydrogens is 368 g/mol. The van der Waals surface area contributed by atoms with Crippen molar-refractivity contribution in [2.45, 2.75) is 24.1 Å². The van der Waals surface area contributed by atoms with Crippen molar-refractivity contribution in [2.24, 2.45) is 0 Å². The van der Waals surface area contributed by atoms with Gasteiger partial charge in [-0.1, -0.05) is 0 Å². The molecule has 0 fully saturated rings. The third-order valence-electron chi connectivity index (χ3n) is 3.58. The molecule has 136 valence electrons. The smallest absolute Gasteiger partial charge is 0.494 e. The molecule has 1 aliphatic heterocycles. The number of aromatic nitrogens is 3. The number of hydrogen-bond acceptors (Lipinski definition) is 6. The van der Waals surface area contributed by atoms with Crippen LogP contribution in [0.25, 0.3) is 11.0 Å². The van der Waals surface area contributed by atoms with Crippen LogP contribution in [0.1, 0.15) is 12.6 Å². The zero-order valence-corrected chi connectivity index (χ0v) is 14.3. The highest BCUT2D eigenvalue weighted by Gasteiger charge is 2.43. The van der Waals surface area contributed by atoms with Crippen molar-refractivity contribution in [3.63, 3.8) is 0 Å². The summed E-state index contributed by atoms with van der Waals surface area (Å²) in [6, 6.07) is 6.08. The van der Waals surface area contributed by atoms with Crippen LogP contribution in [0, 0.1) is 0 Å². The Morgan fingerprint density at radius 1 is 1.27 bits per heavy atom. The number of nitrogens with one attached hydrogen (secondary N) is 1. The van der Waals surface area contributed by atoms with E-state index in [0.717, 1.165) is 0 Å². The lowest BCUT2D eigenvalue weighted by atomic mass is 10.3. The molecule has 0 radical (unpaired) electrons. The number of H-pyrrole nitrogens is 1. The van der Waals surface area contributed by atoms with E-state index in [2.05, 4.69) is 24.4 Å². The summed E-state index contributed by atoms with van der Waals surface area (Å²) in [5.74, 6) is 0.559. The van der Waals surface area contributed by atoms with E-state index in [1.807, 2.05) is 6.92 Å². The third kappa shape index (κ3) is 3.19. The number of ether oxygens (including phenoxy) is 3. The number of hydrogen-bond donors (Lipinski definition) is 1. The second-order valence-corrected chi connectivity index (χ2v) is 6.80. The number of nitrogens with zero attached hydrogens (tertiary/aromatic N) is 2. The van der Waals surface area contributed by atoms with Crippen molar-refractivity contribution in [3.8, 4) is 17.2 Å². The number of alkyl halides is 2. The van der Waals surface area contributed by atoms with E-state index in [-0.39, 0.29) is 22.4 Å². The van der Waals surface area contributed by atoms with Crippen molar-refractivity contribution in [1.29, 1.82) is 0 Å². The molecule has 0 saturated carbocycles. The number of imidazole rings is 1. The normalized spacial score (nSPS) is 16.0. The lowest BCUT2D eigenvalue weighted by Gasteiger charge is -2.04. The molecule has 1 aromatic carbocycles. The lowest BCUT2D eigenvalue weighted by molar-refractivity contribution is -0.286. The van der Waals surface area contributed by atoms with Crippen LogP contribution in [-0.2, 0) is 16.6 Å². The molecule has 10 heteroatoms. The van der Waals surface area contributed by atoms with Crippen molar-refractivity contribution in [2.75, 3.05) is 6.61 Å². The monoisotopic (exact) mass is 381 g/mol. The summed E-state index contributed by atoms with van der Waals surface area (Å²) in [7, 11) is -1.51. The first-order valence-corrected chi connectivity index (χ1v) is 9.01. The van der Waals surface area contributed by atoms with Gasteiger partial charge in [-0.05, 0) is 13.0 Å². The molecule has 1 N–H and O–H groups in total. The van der Waals surface area contributed by atoms with E-state index in [0.29, 0.717) is 29.1 Å². The molecule has 0 spiro atoms. The van der Waals surface area contributed by atoms with Crippen LogP contribution < -0.4 is 14.2 Å². The Kier molecular flexibility index (Phi) is 3.98. The fourth-order valence-corrected chi connectivity index (χ4v) is 3.52. The van der Waals surface area contributed by atoms with Crippen LogP contribution in [-0.4, -0.2) is 32.1 Å². The zero-order chi connectivity index (χ0) is 18.3. The van der Waals surface area contributed by atoms with E-state index in [1.54, 1.807) is 18.3 Å². The predicted molar refractivity (Wildman–Crippen MR) is 87.8 cm³/mol. The van der Waals surface area contributed by atoms with Gasteiger partial charge in [-0.15, -0.1) is 8.78 Å². The predicted octanol–water partition coefficient (Wildman–Crippen LogP) is 2.99. The summed E-state index contributed by atoms with van der Waals surface area (Å²) < 4.78 is 52.9. The molecule has 0 aliphatic carbocycles. The fraction of sp³-hybridized carbons (Fsp3) is 0.250. The van der Waals surface area contributed by atoms with Crippen molar-refractivity contribution >= 4 is 21.8 Å². The quantitative estimate of drug-likeness (QED) is 0.731. The minimum atomic E-state index is -3.69. The summed E-state index contributed by atoms with van der Waals surface area (Å²) in [6.45, 7) is 2.39. The van der Waals surface area contributed by atoms with Gasteiger partial charge in [-0.3, -0.25) is 9.19 Å². The van der Waals surface area contributed by atoms with Crippen molar-refractivity contribution in [1.82, 2.24) is 15.0 Å². The van der Waals surface area contributed by atoms with Gasteiger partial charge in [0.2, 0.25) is 0 Å². The van der Waals surface area contributed by atoms with Gasteiger partial charge in [0.05, 0.1) is 39.9 Å². The summed E-state index contributed by atoms with van der Waals surface area (Å²) in [5, 5.41) is 0.207. The van der Waals surface area contributed by atoms with Crippen LogP contribution in [0.2, 0.25) is 0 Å². The maximum atomic E-state index is 13.1. The highest BCUT2D eigenvalue weighted by atomic mass is 32.2. The van der Waals surface area contributed by atoms with Gasteiger partial charge < -0.3 is 19.2 Å². The molecule has 0 amide bonds. The van der Waals surface area contributed by atoms with Gasteiger partial charge in [0, 0.05) is 24.4 Å². The molecule has 26 heavy (non-hydrogen) atoms. The van der Waals surface area contributed by atoms with E-state index in [1.165, 1.54) is 12.1 Å². The number of fused-ring (bicyclic) bond motifs is 2. The molecule has 3 aromatic rings. The minimum Gasteiger partial charge on any atom is -0.494 e. The van der Waals surface area contributed by atoms with Gasteiger partial charge in [-0.25, -0.2) is 4.98 Å². The molecule has 0 bridgehead atoms. The number of pyridine rings is 1. The average Bonchev–Trinajstić information content (AvgIpc) is 3.11. The van der Waals surface area contributed by atoms with E-state index in [9.17, 15) is 13.0 Å². The largest absolute Gasteiger partial charge is 0.586 e. The molecular formula is C16H13F2N3O4S. The highest BCUT2D eigenvalue weighted by molar-refractivity contribution is 7.84. The molecule has 1 atom stereocenters. The van der Waals surface area contributed by atoms with Crippen molar-refractivity contribution < 1.29 is 27.2 Å². The number of benzene rings is 1. The fourth-order valence-electron chi connectivity index (χ4n) is 2.53. The van der Waals surface area contributed by atoms with Gasteiger partial charge in [-0.2, -0.15) is 0 Å². The van der Waals surface area contributed by atoms with Crippen molar-refractivity contribution in [3.05, 3.63) is 36.2 Å². The molecule has 4 rings (SSSR count). The molecule has 3 heterocycles. The summed E-state index contributed by atoms with van der Waals surface area (Å²) in [6.07, 6.45) is -2.11. The maximum Gasteiger partial charge on any atom is 0.586 e. The maximum absolute atomic E-state index is 13.1. The number of halogens is 2. The van der Waals surface area contributed by atoms with Gasteiger partial charge in [0.15, 0.2) is 16.7 Å². The Bertz CT molecular complexity index is 963. The molecule has 1 unspecified atom stereocenters. The molecule has 1 aliphatic rings. The molecule has 2 aromatic heterocycles. The summed E-state index contributed by atoms with van der Waals surface area (Å²) in [4.78, 5) is 11.2. The SMILES string of the molecule is CCOc1ccnc(CS(=O)c2nc3cc4c(cc3[nH]2)OC(F)(F)O4)c1. The second-order valence-electron chi connectivity index (χ2n) is 5.43. The van der Waals surface area contributed by atoms with E-state index in [4.69, 9.17) is 4.74 Å². The van der Waals surface area contributed by atoms with Gasteiger partial charge in [0.1, 0.15) is 5.75 Å². The second kappa shape index (κ2) is 6.20. The highest BCUT2D eigenvalue weighted by Crippen LogP contribution is 2.42. The summed E-state index contributed by atoms with van der Waals surface area (Å²) in [5.41, 5.74) is 1.36. The average molecular weight is 381 g/mol. The molecule has 7 nitrogen and oxygen atoms in total. The topological polar surface area (TPSA) is 86.3 Å². The first kappa shape index (κ1) is 16.7. The van der Waals surface area contributed by atoms with Crippen LogP contribution in [0.5, 0.6) is 17.2 Å². The van der Waals surface area contributed by atoms with Crippen LogP contribution in [0.4, 0.5) is 8.78 Å². The first-order valence-electron chi connectivity index (χ1n) is 7.69. The Morgan fingerprint density at radius 2 is 2.04 bits per heavy atom. The van der Waals surface area contributed by atoms with Crippen LogP contribution in [0.15, 0.2) is 35.6 Å². The Balaban J connectivity index is 1.57. The van der Waals surface area contributed by atoms with Gasteiger partial charge >= 0.3 is 6.29 Å². The lowest BCUT2D eigenvalue weighted by Crippen LogP contribution is -2.25. The minimum absolute atomic E-state index is 0.102. The van der Waals surface area contributed by atoms with Crippen LogP contribution in [0.3, 0.4) is 0 Å². The first-order chi connectivity index (χ1) is 12.4. The standard InChI is InChI=1S/C16H13F2N3O4S/c1-2-23-10-3-4-19-9(5-10)8-26(22)15-20-11-6-13-14(7-12(11)21-15)25-16(17,18)24-13/h3-7H,2,8H2,1H3,(H,20,21). The Hall–Kier alpha value is -2.75. The Morgan fingerprint density at radius 3 is 2.81 bits per heavy atom. The van der Waals surface area contributed by atoms with Gasteiger partial charge in [0.25, 0.3) is 0 Å². The number of rotatable bonds is 5. The zero-order valence-electron chi connectivity index (χ0n) is 13.5. The number of aromatic amines is 1. The third-order valence-corrected chi connectivity index (χ3v) is 4.76. The summed E-state index contributed by atoms with van der Waals surface area (Å²) >= 11 is 0. The Labute approximate surface area is 148 Å².